The van der Waals surface area contributed by atoms with Crippen LogP contribution in [0.3, 0.4) is 0 Å². The lowest BCUT2D eigenvalue weighted by Crippen LogP contribution is -2.43. The molecule has 0 aliphatic carbocycles. The number of carbonyl (C=O) groups excluding carboxylic acids is 2. The number of nitrogens with one attached hydrogen (secondary N) is 1. The van der Waals surface area contributed by atoms with Crippen molar-refractivity contribution in [1.29, 1.82) is 0 Å². The fraction of sp³-hybridized carbons (Fsp3) is 0.435. The number of carbonyl (C=O) groups is 2. The van der Waals surface area contributed by atoms with Crippen molar-refractivity contribution in [1.82, 2.24) is 14.6 Å². The van der Waals surface area contributed by atoms with Crippen LogP contribution >= 0.6 is 0 Å². The number of hydrogen-bond donors (Lipinski definition) is 1. The van der Waals surface area contributed by atoms with Gasteiger partial charge in [-0.25, -0.2) is 8.42 Å². The zero-order chi connectivity index (χ0) is 22.7. The second-order valence-electron chi connectivity index (χ2n) is 8.50. The molecular formula is C23H28N4O4S. The molecule has 0 unspecified atom stereocenters. The zero-order valence-corrected chi connectivity index (χ0v) is 19.0. The van der Waals surface area contributed by atoms with E-state index in [0.29, 0.717) is 37.7 Å². The molecule has 0 bridgehead atoms. The van der Waals surface area contributed by atoms with Crippen LogP contribution in [0.1, 0.15) is 37.3 Å². The van der Waals surface area contributed by atoms with Crippen molar-refractivity contribution in [2.75, 3.05) is 24.5 Å². The summed E-state index contributed by atoms with van der Waals surface area (Å²) in [7, 11) is -3.57. The van der Waals surface area contributed by atoms with Crippen LogP contribution in [0.2, 0.25) is 0 Å². The van der Waals surface area contributed by atoms with E-state index in [2.05, 4.69) is 17.2 Å². The summed E-state index contributed by atoms with van der Waals surface area (Å²) in [6.07, 6.45) is 5.76. The molecule has 2 aliphatic heterocycles. The number of aromatic nitrogens is 1. The van der Waals surface area contributed by atoms with Crippen LogP contribution in [0.25, 0.3) is 0 Å². The number of piperidine rings is 1. The average Bonchev–Trinajstić information content (AvgIpc) is 2.80. The van der Waals surface area contributed by atoms with E-state index in [1.54, 1.807) is 41.0 Å². The predicted molar refractivity (Wildman–Crippen MR) is 120 cm³/mol. The van der Waals surface area contributed by atoms with E-state index in [9.17, 15) is 18.0 Å². The maximum atomic E-state index is 13.1. The van der Waals surface area contributed by atoms with Crippen molar-refractivity contribution in [3.8, 4) is 0 Å². The van der Waals surface area contributed by atoms with Gasteiger partial charge in [0.2, 0.25) is 21.8 Å². The van der Waals surface area contributed by atoms with Gasteiger partial charge in [-0.1, -0.05) is 13.0 Å². The number of rotatable bonds is 6. The van der Waals surface area contributed by atoms with E-state index in [4.69, 9.17) is 0 Å². The monoisotopic (exact) mass is 456 g/mol. The number of aryl methyl sites for hydroxylation is 1. The number of fused-ring (bicyclic) bond motifs is 1. The van der Waals surface area contributed by atoms with Gasteiger partial charge in [0.25, 0.3) is 0 Å². The molecule has 0 atom stereocenters. The van der Waals surface area contributed by atoms with Crippen LogP contribution in [0, 0.1) is 5.92 Å². The van der Waals surface area contributed by atoms with Crippen molar-refractivity contribution in [2.24, 2.45) is 5.92 Å². The summed E-state index contributed by atoms with van der Waals surface area (Å²) in [5.74, 6) is 0.109. The Kier molecular flexibility index (Phi) is 6.57. The normalized spacial score (nSPS) is 17.8. The third kappa shape index (κ3) is 4.83. The SMILES string of the molecule is CC1CCN(S(=O)(=O)c2ccc3c(c2)CCC(=O)N3CC(=O)NCc2cccnc2)CC1. The highest BCUT2D eigenvalue weighted by molar-refractivity contribution is 7.89. The molecule has 1 N–H and O–H groups in total. The molecule has 32 heavy (non-hydrogen) atoms. The highest BCUT2D eigenvalue weighted by Crippen LogP contribution is 2.32. The largest absolute Gasteiger partial charge is 0.350 e. The molecule has 0 spiro atoms. The van der Waals surface area contributed by atoms with Crippen molar-refractivity contribution < 1.29 is 18.0 Å². The van der Waals surface area contributed by atoms with Gasteiger partial charge in [-0.2, -0.15) is 4.31 Å². The topological polar surface area (TPSA) is 99.7 Å². The molecule has 3 heterocycles. The molecule has 1 fully saturated rings. The van der Waals surface area contributed by atoms with Gasteiger partial charge in [0.1, 0.15) is 6.54 Å². The fourth-order valence-corrected chi connectivity index (χ4v) is 5.67. The maximum absolute atomic E-state index is 13.1. The summed E-state index contributed by atoms with van der Waals surface area (Å²) >= 11 is 0. The summed E-state index contributed by atoms with van der Waals surface area (Å²) in [4.78, 5) is 30.7. The number of sulfonamides is 1. The third-order valence-electron chi connectivity index (χ3n) is 6.15. The minimum atomic E-state index is -3.57. The molecule has 1 aromatic heterocycles. The lowest BCUT2D eigenvalue weighted by Gasteiger charge is -2.31. The molecule has 2 aromatic rings. The van der Waals surface area contributed by atoms with Gasteiger partial charge in [0, 0.05) is 44.1 Å². The van der Waals surface area contributed by atoms with E-state index < -0.39 is 10.0 Å². The molecule has 0 saturated carbocycles. The Hall–Kier alpha value is -2.78. The van der Waals surface area contributed by atoms with E-state index in [0.717, 1.165) is 24.0 Å². The first-order valence-electron chi connectivity index (χ1n) is 10.9. The number of pyridine rings is 1. The van der Waals surface area contributed by atoms with Crippen molar-refractivity contribution >= 4 is 27.5 Å². The first-order chi connectivity index (χ1) is 15.3. The van der Waals surface area contributed by atoms with Gasteiger partial charge in [-0.15, -0.1) is 0 Å². The fourth-order valence-electron chi connectivity index (χ4n) is 4.15. The number of anilines is 1. The minimum Gasteiger partial charge on any atom is -0.350 e. The van der Waals surface area contributed by atoms with Gasteiger partial charge >= 0.3 is 0 Å². The van der Waals surface area contributed by atoms with Crippen LogP contribution in [-0.2, 0) is 32.6 Å². The first-order valence-corrected chi connectivity index (χ1v) is 12.4. The Morgan fingerprint density at radius 2 is 1.97 bits per heavy atom. The number of nitrogens with zero attached hydrogens (tertiary/aromatic N) is 3. The molecule has 8 nitrogen and oxygen atoms in total. The van der Waals surface area contributed by atoms with Crippen molar-refractivity contribution in [3.63, 3.8) is 0 Å². The number of hydrogen-bond acceptors (Lipinski definition) is 5. The molecule has 4 rings (SSSR count). The quantitative estimate of drug-likeness (QED) is 0.718. The molecule has 0 radical (unpaired) electrons. The predicted octanol–water partition coefficient (Wildman–Crippen LogP) is 2.10. The van der Waals surface area contributed by atoms with E-state index in [1.807, 2.05) is 6.07 Å². The van der Waals surface area contributed by atoms with Crippen LogP contribution in [0.5, 0.6) is 0 Å². The molecular weight excluding hydrogens is 428 g/mol. The van der Waals surface area contributed by atoms with Crippen molar-refractivity contribution in [3.05, 3.63) is 53.9 Å². The lowest BCUT2D eigenvalue weighted by molar-refractivity contribution is -0.124. The summed E-state index contributed by atoms with van der Waals surface area (Å²) < 4.78 is 27.7. The Bertz CT molecular complexity index is 1100. The van der Waals surface area contributed by atoms with Crippen LogP contribution in [0.15, 0.2) is 47.6 Å². The Morgan fingerprint density at radius 1 is 1.19 bits per heavy atom. The number of amides is 2. The van der Waals surface area contributed by atoms with Gasteiger partial charge < -0.3 is 10.2 Å². The Labute approximate surface area is 188 Å². The van der Waals surface area contributed by atoms with Crippen LogP contribution < -0.4 is 10.2 Å². The van der Waals surface area contributed by atoms with E-state index >= 15 is 0 Å². The summed E-state index contributed by atoms with van der Waals surface area (Å²) in [6.45, 7) is 3.42. The molecule has 2 amide bonds. The molecule has 1 saturated heterocycles. The van der Waals surface area contributed by atoms with Gasteiger partial charge in [0.05, 0.1) is 4.90 Å². The van der Waals surface area contributed by atoms with Gasteiger partial charge in [-0.3, -0.25) is 14.6 Å². The highest BCUT2D eigenvalue weighted by Gasteiger charge is 2.31. The average molecular weight is 457 g/mol. The highest BCUT2D eigenvalue weighted by atomic mass is 32.2. The molecule has 1 aromatic carbocycles. The molecule has 170 valence electrons. The second kappa shape index (κ2) is 9.38. The molecule has 9 heteroatoms. The zero-order valence-electron chi connectivity index (χ0n) is 18.2. The van der Waals surface area contributed by atoms with Crippen molar-refractivity contribution in [2.45, 2.75) is 44.0 Å². The summed E-state index contributed by atoms with van der Waals surface area (Å²) in [5.41, 5.74) is 2.24. The first kappa shape index (κ1) is 22.4. The van der Waals surface area contributed by atoms with E-state index in [1.165, 1.54) is 4.90 Å². The van der Waals surface area contributed by atoms with Crippen LogP contribution in [-0.4, -0.2) is 49.2 Å². The standard InChI is InChI=1S/C23H28N4O4S/c1-17-8-11-26(12-9-17)32(30,31)20-5-6-21-19(13-20)4-7-23(29)27(21)16-22(28)25-15-18-3-2-10-24-14-18/h2-3,5-6,10,13-14,17H,4,7-9,11-12,15-16H2,1H3,(H,25,28). The third-order valence-corrected chi connectivity index (χ3v) is 8.04. The number of benzene rings is 1. The van der Waals surface area contributed by atoms with Crippen LogP contribution in [0.4, 0.5) is 5.69 Å². The van der Waals surface area contributed by atoms with E-state index in [-0.39, 0.29) is 29.7 Å². The summed E-state index contributed by atoms with van der Waals surface area (Å²) in [5, 5.41) is 2.80. The Balaban J connectivity index is 1.48. The summed E-state index contributed by atoms with van der Waals surface area (Å²) in [6, 6.07) is 8.52. The van der Waals surface area contributed by atoms with Gasteiger partial charge in [-0.05, 0) is 60.6 Å². The van der Waals surface area contributed by atoms with Gasteiger partial charge in [0.15, 0.2) is 0 Å². The molecule has 2 aliphatic rings. The minimum absolute atomic E-state index is 0.109. The second-order valence-corrected chi connectivity index (χ2v) is 10.4. The lowest BCUT2D eigenvalue weighted by atomic mass is 10.0. The maximum Gasteiger partial charge on any atom is 0.243 e. The smallest absolute Gasteiger partial charge is 0.243 e. The Morgan fingerprint density at radius 3 is 2.69 bits per heavy atom.